The molecule has 0 saturated carbocycles. The standard InChI is InChI=1S/C24H17N3O5/c28-26(29)21-13-16-24(23(17-21)27(30)31)32-22-14-11-20(12-15-22)25(18-7-3-1-4-8-18)19-9-5-2-6-10-19/h1-17H. The van der Waals surface area contributed by atoms with Gasteiger partial charge < -0.3 is 9.64 Å². The summed E-state index contributed by atoms with van der Waals surface area (Å²) in [5.74, 6) is 0.295. The third kappa shape index (κ3) is 4.39. The second-order valence-electron chi connectivity index (χ2n) is 6.77. The van der Waals surface area contributed by atoms with Crippen LogP contribution in [0.5, 0.6) is 11.5 Å². The smallest absolute Gasteiger partial charge is 0.318 e. The zero-order valence-corrected chi connectivity index (χ0v) is 16.7. The molecule has 0 saturated heterocycles. The molecule has 32 heavy (non-hydrogen) atoms. The van der Waals surface area contributed by atoms with E-state index in [0.29, 0.717) is 5.75 Å². The van der Waals surface area contributed by atoms with Gasteiger partial charge in [0, 0.05) is 23.1 Å². The van der Waals surface area contributed by atoms with Crippen LogP contribution < -0.4 is 9.64 Å². The number of benzene rings is 4. The van der Waals surface area contributed by atoms with Gasteiger partial charge in [-0.3, -0.25) is 20.2 Å². The SMILES string of the molecule is O=[N+]([O-])c1ccc(Oc2ccc(N(c3ccccc3)c3ccccc3)cc2)c([N+](=O)[O-])c1. The number of ether oxygens (including phenoxy) is 1. The molecule has 0 aliphatic carbocycles. The van der Waals surface area contributed by atoms with Crippen LogP contribution in [0.4, 0.5) is 28.4 Å². The molecule has 4 rings (SSSR count). The highest BCUT2D eigenvalue weighted by molar-refractivity contribution is 5.76. The molecule has 0 aromatic heterocycles. The van der Waals surface area contributed by atoms with E-state index in [0.717, 1.165) is 23.1 Å². The third-order valence-corrected chi connectivity index (χ3v) is 4.70. The second kappa shape index (κ2) is 8.97. The minimum Gasteiger partial charge on any atom is -0.450 e. The maximum absolute atomic E-state index is 11.3. The van der Waals surface area contributed by atoms with Gasteiger partial charge in [-0.15, -0.1) is 0 Å². The summed E-state index contributed by atoms with van der Waals surface area (Å²) in [6, 6.07) is 30.0. The lowest BCUT2D eigenvalue weighted by Crippen LogP contribution is -2.09. The maximum Gasteiger partial charge on any atom is 0.318 e. The van der Waals surface area contributed by atoms with Crippen molar-refractivity contribution in [2.75, 3.05) is 4.90 Å². The fourth-order valence-corrected chi connectivity index (χ4v) is 3.24. The van der Waals surface area contributed by atoms with Gasteiger partial charge in [0.25, 0.3) is 5.69 Å². The molecule has 0 atom stereocenters. The highest BCUT2D eigenvalue weighted by Crippen LogP contribution is 2.37. The lowest BCUT2D eigenvalue weighted by atomic mass is 10.2. The van der Waals surface area contributed by atoms with Crippen molar-refractivity contribution in [2.45, 2.75) is 0 Å². The molecular weight excluding hydrogens is 410 g/mol. The molecule has 8 nitrogen and oxygen atoms in total. The average molecular weight is 427 g/mol. The van der Waals surface area contributed by atoms with Crippen LogP contribution in [0.1, 0.15) is 0 Å². The lowest BCUT2D eigenvalue weighted by molar-refractivity contribution is -0.394. The molecule has 0 aliphatic rings. The van der Waals surface area contributed by atoms with E-state index in [1.165, 1.54) is 12.1 Å². The van der Waals surface area contributed by atoms with Crippen molar-refractivity contribution in [3.05, 3.63) is 123 Å². The van der Waals surface area contributed by atoms with Gasteiger partial charge in [-0.05, 0) is 54.6 Å². The Morgan fingerprint density at radius 2 is 1.16 bits per heavy atom. The maximum atomic E-state index is 11.3. The van der Waals surface area contributed by atoms with E-state index in [1.54, 1.807) is 12.1 Å². The van der Waals surface area contributed by atoms with Crippen LogP contribution in [-0.4, -0.2) is 9.85 Å². The number of anilines is 3. The van der Waals surface area contributed by atoms with Crippen LogP contribution in [0.3, 0.4) is 0 Å². The van der Waals surface area contributed by atoms with Gasteiger partial charge in [0.2, 0.25) is 5.75 Å². The van der Waals surface area contributed by atoms with Crippen LogP contribution in [0.25, 0.3) is 0 Å². The van der Waals surface area contributed by atoms with Gasteiger partial charge in [0.15, 0.2) is 0 Å². The van der Waals surface area contributed by atoms with Gasteiger partial charge in [0.1, 0.15) is 5.75 Å². The van der Waals surface area contributed by atoms with Crippen molar-refractivity contribution >= 4 is 28.4 Å². The summed E-state index contributed by atoms with van der Waals surface area (Å²) in [7, 11) is 0. The van der Waals surface area contributed by atoms with Gasteiger partial charge in [0.05, 0.1) is 15.9 Å². The number of hydrogen-bond donors (Lipinski definition) is 0. The zero-order valence-electron chi connectivity index (χ0n) is 16.7. The predicted molar refractivity (Wildman–Crippen MR) is 121 cm³/mol. The van der Waals surface area contributed by atoms with E-state index in [-0.39, 0.29) is 11.4 Å². The van der Waals surface area contributed by atoms with Gasteiger partial charge >= 0.3 is 5.69 Å². The van der Waals surface area contributed by atoms with Crippen molar-refractivity contribution in [3.8, 4) is 11.5 Å². The van der Waals surface area contributed by atoms with E-state index < -0.39 is 15.5 Å². The molecule has 0 unspecified atom stereocenters. The number of para-hydroxylation sites is 2. The van der Waals surface area contributed by atoms with Crippen molar-refractivity contribution in [1.82, 2.24) is 0 Å². The van der Waals surface area contributed by atoms with Crippen molar-refractivity contribution in [2.24, 2.45) is 0 Å². The number of nitro benzene ring substituents is 2. The largest absolute Gasteiger partial charge is 0.450 e. The van der Waals surface area contributed by atoms with Crippen molar-refractivity contribution < 1.29 is 14.6 Å². The zero-order chi connectivity index (χ0) is 22.5. The van der Waals surface area contributed by atoms with Gasteiger partial charge in [-0.1, -0.05) is 36.4 Å². The molecule has 0 spiro atoms. The number of nitrogens with zero attached hydrogens (tertiary/aromatic N) is 3. The van der Waals surface area contributed by atoms with Crippen molar-refractivity contribution in [3.63, 3.8) is 0 Å². The van der Waals surface area contributed by atoms with Crippen LogP contribution in [0.15, 0.2) is 103 Å². The Labute approximate surface area is 183 Å². The van der Waals surface area contributed by atoms with Crippen LogP contribution >= 0.6 is 0 Å². The Bertz CT molecular complexity index is 1210. The molecule has 0 radical (unpaired) electrons. The molecule has 0 aliphatic heterocycles. The molecule has 4 aromatic carbocycles. The Balaban J connectivity index is 1.65. The molecule has 8 heteroatoms. The molecule has 0 amide bonds. The first-order valence-corrected chi connectivity index (χ1v) is 9.64. The summed E-state index contributed by atoms with van der Waals surface area (Å²) < 4.78 is 5.67. The second-order valence-corrected chi connectivity index (χ2v) is 6.77. The number of nitro groups is 2. The minimum absolute atomic E-state index is 0.0728. The van der Waals surface area contributed by atoms with Crippen LogP contribution in [0, 0.1) is 20.2 Å². The third-order valence-electron chi connectivity index (χ3n) is 4.70. The first-order valence-electron chi connectivity index (χ1n) is 9.64. The molecule has 4 aromatic rings. The Morgan fingerprint density at radius 1 is 0.625 bits per heavy atom. The Morgan fingerprint density at radius 3 is 1.66 bits per heavy atom. The molecule has 158 valence electrons. The quantitative estimate of drug-likeness (QED) is 0.238. The van der Waals surface area contributed by atoms with E-state index in [4.69, 9.17) is 4.74 Å². The van der Waals surface area contributed by atoms with E-state index in [1.807, 2.05) is 72.8 Å². The minimum atomic E-state index is -0.705. The summed E-state index contributed by atoms with van der Waals surface area (Å²) in [6.45, 7) is 0. The average Bonchev–Trinajstić information content (AvgIpc) is 2.82. The molecule has 0 bridgehead atoms. The molecular formula is C24H17N3O5. The first kappa shape index (κ1) is 20.5. The Hall–Kier alpha value is -4.72. The van der Waals surface area contributed by atoms with Crippen LogP contribution in [-0.2, 0) is 0 Å². The molecule has 0 heterocycles. The summed E-state index contributed by atoms with van der Waals surface area (Å²) in [5.41, 5.74) is 1.96. The fraction of sp³-hybridized carbons (Fsp3) is 0. The molecule has 0 N–H and O–H groups in total. The first-order chi connectivity index (χ1) is 15.5. The summed E-state index contributed by atoms with van der Waals surface area (Å²) in [4.78, 5) is 22.9. The molecule has 0 fully saturated rings. The van der Waals surface area contributed by atoms with E-state index in [9.17, 15) is 20.2 Å². The summed E-state index contributed by atoms with van der Waals surface area (Å²) in [6.07, 6.45) is 0. The summed E-state index contributed by atoms with van der Waals surface area (Å²) in [5, 5.41) is 22.3. The van der Waals surface area contributed by atoms with Crippen LogP contribution in [0.2, 0.25) is 0 Å². The van der Waals surface area contributed by atoms with Gasteiger partial charge in [-0.2, -0.15) is 0 Å². The predicted octanol–water partition coefficient (Wildman–Crippen LogP) is 6.77. The number of rotatable bonds is 7. The topological polar surface area (TPSA) is 98.8 Å². The number of non-ortho nitro benzene ring substituents is 1. The number of hydrogen-bond acceptors (Lipinski definition) is 6. The fourth-order valence-electron chi connectivity index (χ4n) is 3.24. The highest BCUT2D eigenvalue weighted by atomic mass is 16.6. The Kier molecular flexibility index (Phi) is 5.76. The summed E-state index contributed by atoms with van der Waals surface area (Å²) >= 11 is 0. The van der Waals surface area contributed by atoms with Gasteiger partial charge in [-0.25, -0.2) is 0 Å². The monoisotopic (exact) mass is 427 g/mol. The van der Waals surface area contributed by atoms with E-state index in [2.05, 4.69) is 4.90 Å². The van der Waals surface area contributed by atoms with E-state index >= 15 is 0 Å². The lowest BCUT2D eigenvalue weighted by Gasteiger charge is -2.25. The van der Waals surface area contributed by atoms with Crippen molar-refractivity contribution in [1.29, 1.82) is 0 Å². The normalized spacial score (nSPS) is 10.4. The highest BCUT2D eigenvalue weighted by Gasteiger charge is 2.21.